The minimum absolute atomic E-state index is 0.0147. The second-order valence-corrected chi connectivity index (χ2v) is 8.31. The number of H-pyrrole nitrogens is 1. The van der Waals surface area contributed by atoms with E-state index in [0.717, 1.165) is 12.1 Å². The molecule has 1 aliphatic rings. The summed E-state index contributed by atoms with van der Waals surface area (Å²) in [6.07, 6.45) is 0. The minimum atomic E-state index is -1.12. The molecule has 5 rings (SSSR count). The van der Waals surface area contributed by atoms with Crippen LogP contribution in [-0.2, 0) is 6.54 Å². The Balaban J connectivity index is 1.50. The summed E-state index contributed by atoms with van der Waals surface area (Å²) in [4.78, 5) is 30.1. The van der Waals surface area contributed by atoms with E-state index in [1.165, 1.54) is 23.1 Å². The van der Waals surface area contributed by atoms with Crippen LogP contribution in [0.15, 0.2) is 65.5 Å². The molecule has 4 aromatic rings. The largest absolute Gasteiger partial charge is 0.457 e. The third-order valence-electron chi connectivity index (χ3n) is 6.06. The van der Waals surface area contributed by atoms with Gasteiger partial charge in [-0.2, -0.15) is 0 Å². The molecular weight excluding hydrogens is 459 g/mol. The van der Waals surface area contributed by atoms with Crippen molar-refractivity contribution >= 4 is 16.7 Å². The van der Waals surface area contributed by atoms with Gasteiger partial charge >= 0.3 is 0 Å². The topological polar surface area (TPSA) is 74.4 Å². The zero-order valence-corrected chi connectivity index (χ0v) is 18.6. The van der Waals surface area contributed by atoms with Crippen LogP contribution in [0.2, 0.25) is 0 Å². The van der Waals surface area contributed by atoms with Crippen LogP contribution in [-0.4, -0.2) is 29.4 Å². The molecule has 2 heterocycles. The fourth-order valence-corrected chi connectivity index (χ4v) is 4.38. The number of halogens is 3. The Hall–Kier alpha value is -4.11. The molecule has 1 atom stereocenters. The predicted octanol–water partition coefficient (Wildman–Crippen LogP) is 4.65. The molecule has 0 unspecified atom stereocenters. The first kappa shape index (κ1) is 22.7. The maximum Gasteiger partial charge on any atom is 0.256 e. The minimum Gasteiger partial charge on any atom is -0.457 e. The molecule has 0 saturated heterocycles. The smallest absolute Gasteiger partial charge is 0.256 e. The molecule has 3 aromatic carbocycles. The predicted molar refractivity (Wildman–Crippen MR) is 124 cm³/mol. The van der Waals surface area contributed by atoms with E-state index in [4.69, 9.17) is 4.74 Å². The average Bonchev–Trinajstić information content (AvgIpc) is 2.84. The molecule has 0 bridgehead atoms. The van der Waals surface area contributed by atoms with Gasteiger partial charge in [-0.3, -0.25) is 9.59 Å². The highest BCUT2D eigenvalue weighted by Crippen LogP contribution is 2.33. The summed E-state index contributed by atoms with van der Waals surface area (Å²) in [5.74, 6) is -2.34. The number of carbonyl (C=O) groups excluding carboxylic acids is 1. The van der Waals surface area contributed by atoms with Crippen molar-refractivity contribution in [3.63, 3.8) is 0 Å². The number of aromatic amines is 1. The van der Waals surface area contributed by atoms with Crippen LogP contribution < -0.4 is 15.6 Å². The van der Waals surface area contributed by atoms with E-state index in [9.17, 15) is 22.8 Å². The number of benzene rings is 3. The van der Waals surface area contributed by atoms with E-state index in [1.54, 1.807) is 37.4 Å². The molecule has 1 aromatic heterocycles. The molecule has 0 aliphatic carbocycles. The van der Waals surface area contributed by atoms with E-state index >= 15 is 0 Å². The highest BCUT2D eigenvalue weighted by molar-refractivity contribution is 5.95. The molecule has 1 amide bonds. The Morgan fingerprint density at radius 3 is 2.40 bits per heavy atom. The van der Waals surface area contributed by atoms with Gasteiger partial charge in [0.25, 0.3) is 11.5 Å². The van der Waals surface area contributed by atoms with Crippen LogP contribution >= 0.6 is 0 Å². The zero-order chi connectivity index (χ0) is 24.7. The highest BCUT2D eigenvalue weighted by atomic mass is 19.2. The molecule has 0 spiro atoms. The van der Waals surface area contributed by atoms with Gasteiger partial charge in [-0.1, -0.05) is 12.1 Å². The number of nitrogens with zero attached hydrogens (tertiary/aromatic N) is 1. The van der Waals surface area contributed by atoms with E-state index < -0.39 is 29.1 Å². The molecule has 35 heavy (non-hydrogen) atoms. The summed E-state index contributed by atoms with van der Waals surface area (Å²) < 4.78 is 47.1. The number of hydrogen-bond donors (Lipinski definition) is 2. The van der Waals surface area contributed by atoms with Crippen LogP contribution in [0.25, 0.3) is 10.8 Å². The van der Waals surface area contributed by atoms with Crippen molar-refractivity contribution in [3.05, 3.63) is 105 Å². The van der Waals surface area contributed by atoms with Crippen molar-refractivity contribution < 1.29 is 22.7 Å². The van der Waals surface area contributed by atoms with Crippen LogP contribution in [0, 0.1) is 17.5 Å². The molecule has 6 nitrogen and oxygen atoms in total. The van der Waals surface area contributed by atoms with Crippen LogP contribution in [0.1, 0.15) is 27.7 Å². The number of carbonyl (C=O) groups is 1. The van der Waals surface area contributed by atoms with Gasteiger partial charge < -0.3 is 19.9 Å². The average molecular weight is 479 g/mol. The standard InChI is InChI=1S/C26H20F3N3O3/c1-32(26(34)14-4-2-6-16(8-14)35-17-7-3-5-15(27)9-17)23-13-30-12-22-24(23)18-10-20(28)21(29)11-19(18)25(33)31-22/h2-11,23,30H,12-13H2,1H3,(H,31,33)/t23-/m1/s1. The number of rotatable bonds is 4. The van der Waals surface area contributed by atoms with E-state index in [0.29, 0.717) is 35.7 Å². The first-order valence-corrected chi connectivity index (χ1v) is 10.9. The fourth-order valence-electron chi connectivity index (χ4n) is 4.38. The number of aromatic nitrogens is 1. The number of ether oxygens (including phenoxy) is 1. The van der Waals surface area contributed by atoms with Crippen LogP contribution in [0.4, 0.5) is 13.2 Å². The third kappa shape index (κ3) is 4.26. The summed E-state index contributed by atoms with van der Waals surface area (Å²) in [5.41, 5.74) is 0.851. The van der Waals surface area contributed by atoms with Gasteiger partial charge in [0.1, 0.15) is 17.3 Å². The maximum atomic E-state index is 14.1. The SMILES string of the molecule is CN(C(=O)c1cccc(Oc2cccc(F)c2)c1)[C@@H]1CNCc2[nH]c(=O)c3cc(F)c(F)cc3c21. The van der Waals surface area contributed by atoms with Crippen molar-refractivity contribution in [1.82, 2.24) is 15.2 Å². The second kappa shape index (κ2) is 8.92. The Bertz CT molecular complexity index is 1520. The van der Waals surface area contributed by atoms with Crippen molar-refractivity contribution in [2.45, 2.75) is 12.6 Å². The summed E-state index contributed by atoms with van der Waals surface area (Å²) in [7, 11) is 1.60. The number of amides is 1. The monoisotopic (exact) mass is 479 g/mol. The van der Waals surface area contributed by atoms with Gasteiger partial charge in [0.15, 0.2) is 11.6 Å². The molecular formula is C26H20F3N3O3. The van der Waals surface area contributed by atoms with Crippen LogP contribution in [0.3, 0.4) is 0 Å². The number of fused-ring (bicyclic) bond motifs is 3. The Labute approximate surface area is 198 Å². The fraction of sp³-hybridized carbons (Fsp3) is 0.154. The lowest BCUT2D eigenvalue weighted by Crippen LogP contribution is -2.42. The van der Waals surface area contributed by atoms with Gasteiger partial charge in [-0.25, -0.2) is 13.2 Å². The first-order chi connectivity index (χ1) is 16.8. The number of likely N-dealkylation sites (N-methyl/N-ethyl adjacent to an activating group) is 1. The summed E-state index contributed by atoms with van der Waals surface area (Å²) in [6, 6.07) is 13.4. The Kier molecular flexibility index (Phi) is 5.78. The van der Waals surface area contributed by atoms with Gasteiger partial charge in [-0.05, 0) is 47.9 Å². The van der Waals surface area contributed by atoms with Gasteiger partial charge in [0, 0.05) is 43.0 Å². The van der Waals surface area contributed by atoms with Crippen molar-refractivity contribution in [3.8, 4) is 11.5 Å². The lowest BCUT2D eigenvalue weighted by atomic mass is 9.93. The maximum absolute atomic E-state index is 14.1. The quantitative estimate of drug-likeness (QED) is 0.447. The van der Waals surface area contributed by atoms with Crippen LogP contribution in [0.5, 0.6) is 11.5 Å². The highest BCUT2D eigenvalue weighted by Gasteiger charge is 2.31. The van der Waals surface area contributed by atoms with Crippen molar-refractivity contribution in [1.29, 1.82) is 0 Å². The number of hydrogen-bond acceptors (Lipinski definition) is 4. The Morgan fingerprint density at radius 1 is 0.971 bits per heavy atom. The third-order valence-corrected chi connectivity index (χ3v) is 6.06. The lowest BCUT2D eigenvalue weighted by molar-refractivity contribution is 0.0723. The zero-order valence-electron chi connectivity index (χ0n) is 18.6. The van der Waals surface area contributed by atoms with Gasteiger partial charge in [0.05, 0.1) is 11.4 Å². The number of pyridine rings is 1. The normalized spacial score (nSPS) is 15.0. The second-order valence-electron chi connectivity index (χ2n) is 8.31. The molecule has 0 fully saturated rings. The first-order valence-electron chi connectivity index (χ1n) is 10.9. The molecule has 9 heteroatoms. The van der Waals surface area contributed by atoms with E-state index in [-0.39, 0.29) is 22.4 Å². The molecule has 0 saturated carbocycles. The summed E-state index contributed by atoms with van der Waals surface area (Å²) in [6.45, 7) is 0.657. The van der Waals surface area contributed by atoms with E-state index in [2.05, 4.69) is 10.3 Å². The van der Waals surface area contributed by atoms with E-state index in [1.807, 2.05) is 0 Å². The Morgan fingerprint density at radius 2 is 1.66 bits per heavy atom. The van der Waals surface area contributed by atoms with Crippen molar-refractivity contribution in [2.75, 3.05) is 13.6 Å². The molecule has 2 N–H and O–H groups in total. The molecule has 178 valence electrons. The van der Waals surface area contributed by atoms with Gasteiger partial charge in [-0.15, -0.1) is 0 Å². The number of nitrogens with one attached hydrogen (secondary N) is 2. The van der Waals surface area contributed by atoms with Gasteiger partial charge in [0.2, 0.25) is 0 Å². The summed E-state index contributed by atoms with van der Waals surface area (Å²) >= 11 is 0. The van der Waals surface area contributed by atoms with Crippen molar-refractivity contribution in [2.24, 2.45) is 0 Å². The molecule has 1 aliphatic heterocycles. The lowest BCUT2D eigenvalue weighted by Gasteiger charge is -2.34. The summed E-state index contributed by atoms with van der Waals surface area (Å²) in [5, 5.41) is 3.43. The molecule has 0 radical (unpaired) electrons.